The Hall–Kier alpha value is -2.53. The van der Waals surface area contributed by atoms with E-state index in [4.69, 9.17) is 4.74 Å². The Bertz CT molecular complexity index is 1060. The lowest BCUT2D eigenvalue weighted by Gasteiger charge is -2.38. The molecule has 3 aromatic rings. The Morgan fingerprint density at radius 3 is 2.60 bits per heavy atom. The van der Waals surface area contributed by atoms with Gasteiger partial charge in [-0.1, -0.05) is 6.07 Å². The summed E-state index contributed by atoms with van der Waals surface area (Å²) in [5, 5.41) is 0. The molecular weight excluding hydrogens is 372 g/mol. The molecule has 1 saturated heterocycles. The maximum absolute atomic E-state index is 6.27. The fourth-order valence-corrected chi connectivity index (χ4v) is 4.94. The zero-order valence-electron chi connectivity index (χ0n) is 18.6. The first-order valence-corrected chi connectivity index (χ1v) is 11.2. The standard InChI is InChI=1S/C25H32N4O/c1-17(2)27-7-9-28(10-8-27)23-6-5-20-11-22(16-30-25(20)13-23)21-12-24-19(4)26-18(3)14-29(24)15-21/h5-6,12-15,17,22H,7-11,16H2,1-4H3. The highest BCUT2D eigenvalue weighted by atomic mass is 16.5. The lowest BCUT2D eigenvalue weighted by Crippen LogP contribution is -2.48. The monoisotopic (exact) mass is 404 g/mol. The number of ether oxygens (including phenoxy) is 1. The Labute approximate surface area is 179 Å². The van der Waals surface area contributed by atoms with Crippen molar-refractivity contribution in [3.63, 3.8) is 0 Å². The molecule has 5 heteroatoms. The van der Waals surface area contributed by atoms with Crippen molar-refractivity contribution in [3.8, 4) is 5.75 Å². The van der Waals surface area contributed by atoms with Gasteiger partial charge in [0.05, 0.1) is 23.5 Å². The van der Waals surface area contributed by atoms with E-state index < -0.39 is 0 Å². The number of rotatable bonds is 3. The average molecular weight is 405 g/mol. The van der Waals surface area contributed by atoms with Crippen LogP contribution < -0.4 is 9.64 Å². The first kappa shape index (κ1) is 19.4. The molecule has 30 heavy (non-hydrogen) atoms. The van der Waals surface area contributed by atoms with Gasteiger partial charge in [0.25, 0.3) is 0 Å². The summed E-state index contributed by atoms with van der Waals surface area (Å²) in [4.78, 5) is 9.65. The SMILES string of the molecule is Cc1cn2cc(C3COc4cc(N5CCN(C(C)C)CC5)ccc4C3)cc2c(C)n1. The number of hydrogen-bond donors (Lipinski definition) is 0. The fraction of sp³-hybridized carbons (Fsp3) is 0.480. The van der Waals surface area contributed by atoms with Gasteiger partial charge >= 0.3 is 0 Å². The van der Waals surface area contributed by atoms with Crippen LogP contribution in [0.15, 0.2) is 36.7 Å². The van der Waals surface area contributed by atoms with E-state index in [2.05, 4.69) is 76.6 Å². The first-order valence-electron chi connectivity index (χ1n) is 11.2. The van der Waals surface area contributed by atoms with Gasteiger partial charge < -0.3 is 14.0 Å². The van der Waals surface area contributed by atoms with Gasteiger partial charge in [0, 0.05) is 62.3 Å². The Morgan fingerprint density at radius 1 is 1.03 bits per heavy atom. The smallest absolute Gasteiger partial charge is 0.124 e. The quantitative estimate of drug-likeness (QED) is 0.655. The van der Waals surface area contributed by atoms with Gasteiger partial charge in [-0.05, 0) is 57.4 Å². The second kappa shape index (κ2) is 7.62. The minimum atomic E-state index is 0.387. The van der Waals surface area contributed by atoms with Crippen LogP contribution in [-0.4, -0.2) is 53.1 Å². The number of piperazine rings is 1. The van der Waals surface area contributed by atoms with E-state index in [0.29, 0.717) is 12.0 Å². The summed E-state index contributed by atoms with van der Waals surface area (Å²) in [6.07, 6.45) is 5.38. The van der Waals surface area contributed by atoms with Crippen LogP contribution >= 0.6 is 0 Å². The number of benzene rings is 1. The highest BCUT2D eigenvalue weighted by molar-refractivity contribution is 5.57. The number of aromatic nitrogens is 2. The van der Waals surface area contributed by atoms with Crippen molar-refractivity contribution in [3.05, 3.63) is 59.2 Å². The molecule has 2 aliphatic heterocycles. The summed E-state index contributed by atoms with van der Waals surface area (Å²) in [6, 6.07) is 9.72. The molecule has 1 unspecified atom stereocenters. The third-order valence-electron chi connectivity index (χ3n) is 6.75. The molecule has 5 rings (SSSR count). The van der Waals surface area contributed by atoms with E-state index in [9.17, 15) is 0 Å². The molecule has 5 nitrogen and oxygen atoms in total. The van der Waals surface area contributed by atoms with Gasteiger partial charge in [0.15, 0.2) is 0 Å². The second-order valence-corrected chi connectivity index (χ2v) is 9.15. The van der Waals surface area contributed by atoms with E-state index in [0.717, 1.165) is 56.3 Å². The Kier molecular flexibility index (Phi) is 4.94. The lowest BCUT2D eigenvalue weighted by molar-refractivity contribution is 0.209. The molecule has 1 aromatic carbocycles. The van der Waals surface area contributed by atoms with Gasteiger partial charge in [-0.25, -0.2) is 0 Å². The molecule has 0 radical (unpaired) electrons. The van der Waals surface area contributed by atoms with E-state index >= 15 is 0 Å². The third kappa shape index (κ3) is 3.56. The summed E-state index contributed by atoms with van der Waals surface area (Å²) < 4.78 is 8.48. The number of fused-ring (bicyclic) bond motifs is 2. The normalized spacial score (nSPS) is 19.9. The predicted octanol–water partition coefficient (Wildman–Crippen LogP) is 4.20. The van der Waals surface area contributed by atoms with Crippen LogP contribution in [0.1, 0.15) is 42.3 Å². The van der Waals surface area contributed by atoms with Crippen LogP contribution in [0.2, 0.25) is 0 Å². The number of anilines is 1. The molecule has 1 atom stereocenters. The van der Waals surface area contributed by atoms with Gasteiger partial charge in [0.1, 0.15) is 5.75 Å². The molecule has 2 aromatic heterocycles. The molecule has 0 bridgehead atoms. The Balaban J connectivity index is 1.32. The van der Waals surface area contributed by atoms with Crippen LogP contribution in [-0.2, 0) is 6.42 Å². The largest absolute Gasteiger partial charge is 0.493 e. The predicted molar refractivity (Wildman–Crippen MR) is 122 cm³/mol. The minimum absolute atomic E-state index is 0.387. The van der Waals surface area contributed by atoms with Crippen molar-refractivity contribution in [2.45, 2.75) is 46.1 Å². The van der Waals surface area contributed by atoms with E-state index in [-0.39, 0.29) is 0 Å². The maximum atomic E-state index is 6.27. The van der Waals surface area contributed by atoms with Gasteiger partial charge in [-0.2, -0.15) is 0 Å². The van der Waals surface area contributed by atoms with Gasteiger partial charge in [-0.15, -0.1) is 0 Å². The zero-order chi connectivity index (χ0) is 20.8. The molecule has 0 aliphatic carbocycles. The van der Waals surface area contributed by atoms with Crippen LogP contribution in [0, 0.1) is 13.8 Å². The summed E-state index contributed by atoms with van der Waals surface area (Å²) in [7, 11) is 0. The molecule has 158 valence electrons. The maximum Gasteiger partial charge on any atom is 0.124 e. The second-order valence-electron chi connectivity index (χ2n) is 9.15. The van der Waals surface area contributed by atoms with Crippen molar-refractivity contribution in [2.24, 2.45) is 0 Å². The van der Waals surface area contributed by atoms with E-state index in [1.54, 1.807) is 0 Å². The van der Waals surface area contributed by atoms with E-state index in [1.165, 1.54) is 22.3 Å². The molecule has 0 spiro atoms. The fourth-order valence-electron chi connectivity index (χ4n) is 4.94. The summed E-state index contributed by atoms with van der Waals surface area (Å²) in [5.74, 6) is 1.45. The van der Waals surface area contributed by atoms with Crippen LogP contribution in [0.5, 0.6) is 5.75 Å². The minimum Gasteiger partial charge on any atom is -0.493 e. The molecular formula is C25H32N4O. The molecule has 2 aliphatic rings. The summed E-state index contributed by atoms with van der Waals surface area (Å²) in [5.41, 5.74) is 7.27. The molecule has 1 fully saturated rings. The number of nitrogens with zero attached hydrogens (tertiary/aromatic N) is 4. The van der Waals surface area contributed by atoms with Crippen molar-refractivity contribution in [1.82, 2.24) is 14.3 Å². The van der Waals surface area contributed by atoms with Crippen LogP contribution in [0.3, 0.4) is 0 Å². The first-order chi connectivity index (χ1) is 14.5. The molecule has 0 amide bonds. The number of aryl methyl sites for hydroxylation is 2. The van der Waals surface area contributed by atoms with Crippen molar-refractivity contribution in [1.29, 1.82) is 0 Å². The highest BCUT2D eigenvalue weighted by Gasteiger charge is 2.25. The molecule has 4 heterocycles. The third-order valence-corrected chi connectivity index (χ3v) is 6.75. The number of hydrogen-bond acceptors (Lipinski definition) is 4. The van der Waals surface area contributed by atoms with Crippen LogP contribution in [0.4, 0.5) is 5.69 Å². The highest BCUT2D eigenvalue weighted by Crippen LogP contribution is 2.36. The van der Waals surface area contributed by atoms with Crippen molar-refractivity contribution < 1.29 is 4.74 Å². The van der Waals surface area contributed by atoms with Crippen LogP contribution in [0.25, 0.3) is 5.52 Å². The summed E-state index contributed by atoms with van der Waals surface area (Å²) >= 11 is 0. The van der Waals surface area contributed by atoms with E-state index in [1.807, 2.05) is 6.92 Å². The molecule has 0 N–H and O–H groups in total. The van der Waals surface area contributed by atoms with Gasteiger partial charge in [0.2, 0.25) is 0 Å². The Morgan fingerprint density at radius 2 is 1.83 bits per heavy atom. The summed E-state index contributed by atoms with van der Waals surface area (Å²) in [6.45, 7) is 13.9. The van der Waals surface area contributed by atoms with Crippen molar-refractivity contribution in [2.75, 3.05) is 37.7 Å². The van der Waals surface area contributed by atoms with Crippen molar-refractivity contribution >= 4 is 11.2 Å². The molecule has 0 saturated carbocycles. The zero-order valence-corrected chi connectivity index (χ0v) is 18.6. The average Bonchev–Trinajstić information content (AvgIpc) is 3.17. The van der Waals surface area contributed by atoms with Gasteiger partial charge in [-0.3, -0.25) is 9.88 Å². The lowest BCUT2D eigenvalue weighted by atomic mass is 9.91. The topological polar surface area (TPSA) is 33.0 Å².